The number of rotatable bonds is 8. The summed E-state index contributed by atoms with van der Waals surface area (Å²) in [6.07, 6.45) is 5.24. The maximum atomic E-state index is 13.0. The Balaban J connectivity index is 0.000000403. The van der Waals surface area contributed by atoms with Crippen LogP contribution in [0.4, 0.5) is 10.1 Å². The molecule has 1 aromatic heterocycles. The quantitative estimate of drug-likeness (QED) is 0.366. The number of aryl methyl sites for hydroxylation is 1. The maximum Gasteiger partial charge on any atom is 0.244 e. The van der Waals surface area contributed by atoms with Crippen LogP contribution in [0.25, 0.3) is 0 Å². The third-order valence-electron chi connectivity index (χ3n) is 8.07. The van der Waals surface area contributed by atoms with Crippen LogP contribution in [0.15, 0.2) is 18.2 Å². The Bertz CT molecular complexity index is 1110. The molecule has 39 heavy (non-hydrogen) atoms. The predicted octanol–water partition coefficient (Wildman–Crippen LogP) is 5.22. The third kappa shape index (κ3) is 7.90. The fourth-order valence-corrected chi connectivity index (χ4v) is 5.51. The number of Topliss-reactive ketones (excluding diaryl/α,β-unsaturated/α-hetero) is 1. The smallest absolute Gasteiger partial charge is 0.244 e. The Hall–Kier alpha value is -2.74. The van der Waals surface area contributed by atoms with Crippen LogP contribution in [-0.2, 0) is 24.2 Å². The lowest BCUT2D eigenvalue weighted by molar-refractivity contribution is -0.132. The van der Waals surface area contributed by atoms with Gasteiger partial charge in [0.1, 0.15) is 18.4 Å². The number of amides is 1. The summed E-state index contributed by atoms with van der Waals surface area (Å²) < 4.78 is 14.3. The van der Waals surface area contributed by atoms with Crippen LogP contribution >= 0.6 is 0 Å². The number of aliphatic hydroxyl groups is 1. The molecular weight excluding hydrogens is 495 g/mol. The van der Waals surface area contributed by atoms with Gasteiger partial charge in [0, 0.05) is 50.0 Å². The molecule has 0 bridgehead atoms. The molecule has 1 aliphatic heterocycles. The zero-order chi connectivity index (χ0) is 28.5. The van der Waals surface area contributed by atoms with Crippen molar-refractivity contribution >= 4 is 17.4 Å². The number of alkyl halides is 1. The molecule has 1 fully saturated rings. The van der Waals surface area contributed by atoms with Crippen molar-refractivity contribution in [3.63, 3.8) is 0 Å². The zero-order valence-corrected chi connectivity index (χ0v) is 24.5. The molecule has 1 aliphatic carbocycles. The van der Waals surface area contributed by atoms with Crippen LogP contribution in [0, 0.1) is 13.8 Å². The van der Waals surface area contributed by atoms with Crippen molar-refractivity contribution in [2.24, 2.45) is 0 Å². The number of carbonyl (C=O) groups excluding carboxylic acids is 2. The molecule has 0 saturated carbocycles. The van der Waals surface area contributed by atoms with Crippen molar-refractivity contribution in [1.82, 2.24) is 14.7 Å². The average Bonchev–Trinajstić information content (AvgIpc) is 3.09. The molecule has 216 valence electrons. The van der Waals surface area contributed by atoms with E-state index in [-0.39, 0.29) is 18.2 Å². The van der Waals surface area contributed by atoms with Crippen molar-refractivity contribution < 1.29 is 19.1 Å². The number of aromatic nitrogens is 2. The highest BCUT2D eigenvalue weighted by Gasteiger charge is 2.26. The van der Waals surface area contributed by atoms with E-state index in [0.29, 0.717) is 18.5 Å². The van der Waals surface area contributed by atoms with E-state index < -0.39 is 12.3 Å². The summed E-state index contributed by atoms with van der Waals surface area (Å²) in [5.74, 6) is 0.0988. The molecule has 1 N–H and O–H groups in total. The number of fused-ring (bicyclic) bond motifs is 1. The standard InChI is InChI=1S/C24H32N4O2.C7H15FO/c1-17-8-7-11-21(18(17)2)26-12-14-27(15-13-26)23(30)16-28-22-10-6-4-5-9-20(22)24(25-28)19(3)29;1-3-5-7(9)6(8)4-2/h7-8,11H,4-6,9-10,12-16H2,1-3H3;6-7,9H,3-5H2,1-2H3. The first kappa shape index (κ1) is 30.8. The first-order valence-electron chi connectivity index (χ1n) is 14.7. The van der Waals surface area contributed by atoms with Crippen molar-refractivity contribution in [3.8, 4) is 0 Å². The summed E-state index contributed by atoms with van der Waals surface area (Å²) >= 11 is 0. The molecule has 1 amide bonds. The predicted molar refractivity (Wildman–Crippen MR) is 154 cm³/mol. The van der Waals surface area contributed by atoms with Gasteiger partial charge in [0.15, 0.2) is 5.78 Å². The Labute approximate surface area is 233 Å². The van der Waals surface area contributed by atoms with E-state index >= 15 is 0 Å². The van der Waals surface area contributed by atoms with E-state index in [1.807, 2.05) is 16.5 Å². The van der Waals surface area contributed by atoms with E-state index in [2.05, 4.69) is 42.0 Å². The molecule has 2 heterocycles. The molecule has 4 rings (SSSR count). The van der Waals surface area contributed by atoms with Crippen LogP contribution in [0.3, 0.4) is 0 Å². The molecule has 2 aliphatic rings. The molecule has 0 spiro atoms. The summed E-state index contributed by atoms with van der Waals surface area (Å²) in [5.41, 5.74) is 6.62. The van der Waals surface area contributed by atoms with Gasteiger partial charge in [0.05, 0.1) is 6.10 Å². The Morgan fingerprint density at radius 3 is 2.38 bits per heavy atom. The Morgan fingerprint density at radius 2 is 1.74 bits per heavy atom. The van der Waals surface area contributed by atoms with E-state index in [1.165, 1.54) is 23.2 Å². The highest BCUT2D eigenvalue weighted by Crippen LogP contribution is 2.26. The van der Waals surface area contributed by atoms with Gasteiger partial charge >= 0.3 is 0 Å². The topological polar surface area (TPSA) is 78.7 Å². The number of carbonyl (C=O) groups is 2. The number of halogens is 1. The van der Waals surface area contributed by atoms with Crippen molar-refractivity contribution in [2.45, 2.75) is 105 Å². The second-order valence-corrected chi connectivity index (χ2v) is 10.9. The SMILES string of the molecule is CC(=O)c1nn(CC(=O)N2CCN(c3cccc(C)c3C)CC2)c2c1CCCCC2.CCCC(O)C(F)CC. The maximum absolute atomic E-state index is 13.0. The second-order valence-electron chi connectivity index (χ2n) is 10.9. The number of anilines is 1. The molecule has 8 heteroatoms. The number of piperazine rings is 1. The Morgan fingerprint density at radius 1 is 1.05 bits per heavy atom. The monoisotopic (exact) mass is 542 g/mol. The number of hydrogen-bond donors (Lipinski definition) is 1. The van der Waals surface area contributed by atoms with Crippen molar-refractivity contribution in [2.75, 3.05) is 31.1 Å². The van der Waals surface area contributed by atoms with Gasteiger partial charge in [-0.25, -0.2) is 4.39 Å². The lowest BCUT2D eigenvalue weighted by atomic mass is 10.1. The van der Waals surface area contributed by atoms with Crippen LogP contribution in [-0.4, -0.2) is 69.9 Å². The minimum atomic E-state index is -1.02. The first-order chi connectivity index (χ1) is 18.7. The number of ketones is 1. The van der Waals surface area contributed by atoms with E-state index in [4.69, 9.17) is 5.11 Å². The van der Waals surface area contributed by atoms with Crippen LogP contribution in [0.2, 0.25) is 0 Å². The number of aliphatic hydroxyl groups excluding tert-OH is 1. The van der Waals surface area contributed by atoms with Gasteiger partial charge in [-0.1, -0.05) is 38.8 Å². The van der Waals surface area contributed by atoms with Gasteiger partial charge in [-0.05, 0) is 69.6 Å². The first-order valence-corrected chi connectivity index (χ1v) is 14.7. The minimum Gasteiger partial charge on any atom is -0.390 e. The molecule has 2 aromatic rings. The van der Waals surface area contributed by atoms with Gasteiger partial charge in [-0.2, -0.15) is 5.10 Å². The lowest BCUT2D eigenvalue weighted by Crippen LogP contribution is -2.50. The number of benzene rings is 1. The summed E-state index contributed by atoms with van der Waals surface area (Å²) in [7, 11) is 0. The summed E-state index contributed by atoms with van der Waals surface area (Å²) in [4.78, 5) is 29.4. The summed E-state index contributed by atoms with van der Waals surface area (Å²) in [6, 6.07) is 6.41. The Kier molecular flexibility index (Phi) is 11.5. The third-order valence-corrected chi connectivity index (χ3v) is 8.07. The number of nitrogens with zero attached hydrogens (tertiary/aromatic N) is 4. The summed E-state index contributed by atoms with van der Waals surface area (Å²) in [6.45, 7) is 12.9. The van der Waals surface area contributed by atoms with Crippen LogP contribution < -0.4 is 4.90 Å². The number of hydrogen-bond acceptors (Lipinski definition) is 5. The molecule has 7 nitrogen and oxygen atoms in total. The van der Waals surface area contributed by atoms with Crippen molar-refractivity contribution in [3.05, 3.63) is 46.3 Å². The normalized spacial score (nSPS) is 17.0. The molecule has 1 aromatic carbocycles. The largest absolute Gasteiger partial charge is 0.390 e. The van der Waals surface area contributed by atoms with Crippen molar-refractivity contribution in [1.29, 1.82) is 0 Å². The highest BCUT2D eigenvalue weighted by atomic mass is 19.1. The zero-order valence-electron chi connectivity index (χ0n) is 24.5. The fraction of sp³-hybridized carbons (Fsp3) is 0.645. The van der Waals surface area contributed by atoms with Gasteiger partial charge in [0.2, 0.25) is 5.91 Å². The second kappa shape index (κ2) is 14.6. The molecule has 2 atom stereocenters. The van der Waals surface area contributed by atoms with E-state index in [0.717, 1.165) is 69.5 Å². The van der Waals surface area contributed by atoms with E-state index in [9.17, 15) is 14.0 Å². The fourth-order valence-electron chi connectivity index (χ4n) is 5.51. The van der Waals surface area contributed by atoms with Crippen LogP contribution in [0.1, 0.15) is 92.2 Å². The molecular formula is C31H47FN4O3. The van der Waals surface area contributed by atoms with Gasteiger partial charge in [0.25, 0.3) is 0 Å². The van der Waals surface area contributed by atoms with E-state index in [1.54, 1.807) is 13.8 Å². The molecule has 0 radical (unpaired) electrons. The average molecular weight is 543 g/mol. The minimum absolute atomic E-state index is 0.00138. The van der Waals surface area contributed by atoms with Crippen LogP contribution in [0.5, 0.6) is 0 Å². The molecule has 1 saturated heterocycles. The van der Waals surface area contributed by atoms with Gasteiger partial charge in [-0.15, -0.1) is 0 Å². The summed E-state index contributed by atoms with van der Waals surface area (Å²) in [5, 5.41) is 13.5. The highest BCUT2D eigenvalue weighted by molar-refractivity contribution is 5.94. The lowest BCUT2D eigenvalue weighted by Gasteiger charge is -2.37. The van der Waals surface area contributed by atoms with Gasteiger partial charge in [-0.3, -0.25) is 14.3 Å². The van der Waals surface area contributed by atoms with Gasteiger partial charge < -0.3 is 14.9 Å². The molecule has 2 unspecified atom stereocenters.